The quantitative estimate of drug-likeness (QED) is 0.890. The number of halogens is 2. The topological polar surface area (TPSA) is 29.5 Å². The summed E-state index contributed by atoms with van der Waals surface area (Å²) in [4.78, 5) is 0. The summed E-state index contributed by atoms with van der Waals surface area (Å²) in [6.07, 6.45) is -0.594. The van der Waals surface area contributed by atoms with Gasteiger partial charge in [0.25, 0.3) is 0 Å². The maximum absolute atomic E-state index is 13.1. The van der Waals surface area contributed by atoms with Gasteiger partial charge in [0, 0.05) is 4.47 Å². The Bertz CT molecular complexity index is 289. The minimum absolute atomic E-state index is 0.0958. The van der Waals surface area contributed by atoms with E-state index in [1.165, 1.54) is 12.1 Å². The lowest BCUT2D eigenvalue weighted by atomic mass is 10.3. The molecule has 1 aromatic carbocycles. The number of hydrogen-bond acceptors (Lipinski definition) is 2. The minimum atomic E-state index is -0.594. The molecular formula is C9H10BrFO2. The van der Waals surface area contributed by atoms with Crippen molar-refractivity contribution in [3.63, 3.8) is 0 Å². The van der Waals surface area contributed by atoms with Crippen LogP contribution in [0.1, 0.15) is 6.92 Å². The van der Waals surface area contributed by atoms with E-state index < -0.39 is 11.9 Å². The Morgan fingerprint density at radius 2 is 2.31 bits per heavy atom. The molecule has 1 atom stereocenters. The Morgan fingerprint density at radius 3 is 2.85 bits per heavy atom. The average molecular weight is 249 g/mol. The van der Waals surface area contributed by atoms with Crippen LogP contribution in [-0.2, 0) is 0 Å². The molecule has 0 saturated heterocycles. The van der Waals surface area contributed by atoms with Crippen LogP contribution in [0.15, 0.2) is 22.7 Å². The number of rotatable bonds is 3. The van der Waals surface area contributed by atoms with Gasteiger partial charge in [-0.05, 0) is 25.1 Å². The fraction of sp³-hybridized carbons (Fsp3) is 0.333. The first-order chi connectivity index (χ1) is 6.09. The molecule has 1 aromatic rings. The largest absolute Gasteiger partial charge is 0.488 e. The summed E-state index contributed by atoms with van der Waals surface area (Å²) in [7, 11) is 0. The normalized spacial score (nSPS) is 12.6. The molecule has 1 N–H and O–H groups in total. The molecule has 0 aromatic heterocycles. The van der Waals surface area contributed by atoms with E-state index in [1.54, 1.807) is 13.0 Å². The molecule has 72 valence electrons. The van der Waals surface area contributed by atoms with Crippen LogP contribution in [-0.4, -0.2) is 17.8 Å². The predicted octanol–water partition coefficient (Wildman–Crippen LogP) is 2.35. The van der Waals surface area contributed by atoms with Gasteiger partial charge in [0.15, 0.2) is 11.6 Å². The zero-order valence-corrected chi connectivity index (χ0v) is 8.71. The van der Waals surface area contributed by atoms with Gasteiger partial charge in [-0.15, -0.1) is 0 Å². The molecule has 1 rings (SSSR count). The molecule has 13 heavy (non-hydrogen) atoms. The van der Waals surface area contributed by atoms with Crippen molar-refractivity contribution in [1.82, 2.24) is 0 Å². The van der Waals surface area contributed by atoms with Crippen molar-refractivity contribution in [2.45, 2.75) is 13.0 Å². The molecule has 0 bridgehead atoms. The second-order valence-corrected chi connectivity index (χ2v) is 3.65. The van der Waals surface area contributed by atoms with E-state index >= 15 is 0 Å². The lowest BCUT2D eigenvalue weighted by molar-refractivity contribution is 0.120. The molecular weight excluding hydrogens is 239 g/mol. The van der Waals surface area contributed by atoms with Crippen LogP contribution in [0.4, 0.5) is 4.39 Å². The van der Waals surface area contributed by atoms with E-state index in [0.717, 1.165) is 0 Å². The van der Waals surface area contributed by atoms with Gasteiger partial charge in [-0.2, -0.15) is 0 Å². The third-order valence-electron chi connectivity index (χ3n) is 1.37. The minimum Gasteiger partial charge on any atom is -0.488 e. The molecule has 0 fully saturated rings. The van der Waals surface area contributed by atoms with Crippen molar-refractivity contribution >= 4 is 15.9 Å². The number of benzene rings is 1. The Balaban J connectivity index is 2.67. The van der Waals surface area contributed by atoms with Gasteiger partial charge >= 0.3 is 0 Å². The molecule has 4 heteroatoms. The van der Waals surface area contributed by atoms with Gasteiger partial charge < -0.3 is 9.84 Å². The molecule has 0 radical (unpaired) electrons. The highest BCUT2D eigenvalue weighted by Crippen LogP contribution is 2.21. The first kappa shape index (κ1) is 10.5. The number of aliphatic hydroxyl groups excluding tert-OH is 1. The maximum atomic E-state index is 13.1. The first-order valence-electron chi connectivity index (χ1n) is 3.85. The second kappa shape index (κ2) is 4.58. The summed E-state index contributed by atoms with van der Waals surface area (Å²) >= 11 is 3.13. The predicted molar refractivity (Wildman–Crippen MR) is 51.3 cm³/mol. The average Bonchev–Trinajstić information content (AvgIpc) is 2.02. The smallest absolute Gasteiger partial charge is 0.166 e. The fourth-order valence-electron chi connectivity index (χ4n) is 0.803. The summed E-state index contributed by atoms with van der Waals surface area (Å²) in [5.41, 5.74) is 0. The molecule has 0 heterocycles. The third-order valence-corrected chi connectivity index (χ3v) is 1.87. The van der Waals surface area contributed by atoms with Crippen molar-refractivity contribution in [3.8, 4) is 5.75 Å². The van der Waals surface area contributed by atoms with Crippen molar-refractivity contribution in [3.05, 3.63) is 28.5 Å². The lowest BCUT2D eigenvalue weighted by Gasteiger charge is -2.08. The standard InChI is InChI=1S/C9H10BrFO2/c1-6(12)5-13-9-3-2-7(10)4-8(9)11/h2-4,6,12H,5H2,1H3/t6-/m1/s1. The molecule has 0 saturated carbocycles. The Hall–Kier alpha value is -0.610. The van der Waals surface area contributed by atoms with Crippen molar-refractivity contribution < 1.29 is 14.2 Å². The SMILES string of the molecule is C[C@@H](O)COc1ccc(Br)cc1F. The van der Waals surface area contributed by atoms with E-state index in [-0.39, 0.29) is 12.4 Å². The van der Waals surface area contributed by atoms with Gasteiger partial charge in [-0.1, -0.05) is 15.9 Å². The Kier molecular flexibility index (Phi) is 3.69. The first-order valence-corrected chi connectivity index (χ1v) is 4.65. The Labute approximate surface area is 84.5 Å². The summed E-state index contributed by atoms with van der Waals surface area (Å²) in [6, 6.07) is 4.51. The van der Waals surface area contributed by atoms with E-state index in [0.29, 0.717) is 4.47 Å². The summed E-state index contributed by atoms with van der Waals surface area (Å²) < 4.78 is 18.7. The van der Waals surface area contributed by atoms with Crippen LogP contribution in [0.3, 0.4) is 0 Å². The van der Waals surface area contributed by atoms with Gasteiger partial charge in [-0.25, -0.2) is 4.39 Å². The molecule has 0 spiro atoms. The molecule has 0 aliphatic rings. The van der Waals surface area contributed by atoms with Crippen molar-refractivity contribution in [2.24, 2.45) is 0 Å². The monoisotopic (exact) mass is 248 g/mol. The van der Waals surface area contributed by atoms with Crippen molar-refractivity contribution in [2.75, 3.05) is 6.61 Å². The van der Waals surface area contributed by atoms with E-state index in [9.17, 15) is 4.39 Å². The highest BCUT2D eigenvalue weighted by Gasteiger charge is 2.04. The molecule has 0 unspecified atom stereocenters. The van der Waals surface area contributed by atoms with Gasteiger partial charge in [0.1, 0.15) is 6.61 Å². The summed E-state index contributed by atoms with van der Waals surface area (Å²) in [5, 5.41) is 8.90. The molecule has 0 aliphatic carbocycles. The zero-order valence-electron chi connectivity index (χ0n) is 7.13. The van der Waals surface area contributed by atoms with Crippen LogP contribution >= 0.6 is 15.9 Å². The van der Waals surface area contributed by atoms with E-state index in [2.05, 4.69) is 15.9 Å². The lowest BCUT2D eigenvalue weighted by Crippen LogP contribution is -2.13. The highest BCUT2D eigenvalue weighted by atomic mass is 79.9. The van der Waals surface area contributed by atoms with Crippen LogP contribution < -0.4 is 4.74 Å². The van der Waals surface area contributed by atoms with E-state index in [4.69, 9.17) is 9.84 Å². The van der Waals surface area contributed by atoms with E-state index in [1.807, 2.05) is 0 Å². The van der Waals surface area contributed by atoms with Gasteiger partial charge in [0.2, 0.25) is 0 Å². The molecule has 0 amide bonds. The summed E-state index contributed by atoms with van der Waals surface area (Å²) in [6.45, 7) is 1.68. The third kappa shape index (κ3) is 3.32. The van der Waals surface area contributed by atoms with Gasteiger partial charge in [0.05, 0.1) is 6.10 Å². The molecule has 2 nitrogen and oxygen atoms in total. The van der Waals surface area contributed by atoms with Crippen LogP contribution in [0, 0.1) is 5.82 Å². The maximum Gasteiger partial charge on any atom is 0.166 e. The second-order valence-electron chi connectivity index (χ2n) is 2.73. The number of aliphatic hydroxyl groups is 1. The Morgan fingerprint density at radius 1 is 1.62 bits per heavy atom. The number of hydrogen-bond donors (Lipinski definition) is 1. The fourth-order valence-corrected chi connectivity index (χ4v) is 1.14. The van der Waals surface area contributed by atoms with Crippen LogP contribution in [0.25, 0.3) is 0 Å². The van der Waals surface area contributed by atoms with Crippen molar-refractivity contribution in [1.29, 1.82) is 0 Å². The van der Waals surface area contributed by atoms with Gasteiger partial charge in [-0.3, -0.25) is 0 Å². The number of ether oxygens (including phenoxy) is 1. The highest BCUT2D eigenvalue weighted by molar-refractivity contribution is 9.10. The van der Waals surface area contributed by atoms with Crippen LogP contribution in [0.5, 0.6) is 5.75 Å². The van der Waals surface area contributed by atoms with Crippen LogP contribution in [0.2, 0.25) is 0 Å². The molecule has 0 aliphatic heterocycles. The zero-order chi connectivity index (χ0) is 9.84. The summed E-state index contributed by atoms with van der Waals surface area (Å²) in [5.74, 6) is -0.279.